The molecule has 1 heterocycles. The average molecular weight is 202 g/mol. The van der Waals surface area contributed by atoms with Crippen LogP contribution in [0.1, 0.15) is 17.0 Å². The monoisotopic (exact) mass is 202 g/mol. The molecule has 0 aromatic carbocycles. The minimum absolute atomic E-state index is 0.377. The number of aryl methyl sites for hydroxylation is 1. The molecule has 0 unspecified atom stereocenters. The van der Waals surface area contributed by atoms with E-state index >= 15 is 0 Å². The predicted octanol–water partition coefficient (Wildman–Crippen LogP) is 2.04. The summed E-state index contributed by atoms with van der Waals surface area (Å²) >= 11 is 0. The van der Waals surface area contributed by atoms with Crippen molar-refractivity contribution in [3.05, 3.63) is 17.0 Å². The topological polar surface area (TPSA) is 17.8 Å². The number of rotatable bonds is 1. The lowest BCUT2D eigenvalue weighted by molar-refractivity contribution is -0.142. The van der Waals surface area contributed by atoms with E-state index in [1.807, 2.05) is 0 Å². The highest BCUT2D eigenvalue weighted by molar-refractivity contribution is 5.39. The number of alkyl halides is 3. The van der Waals surface area contributed by atoms with Gasteiger partial charge in [0, 0.05) is 0 Å². The molecule has 0 saturated carbocycles. The van der Waals surface area contributed by atoms with Gasteiger partial charge in [0.25, 0.3) is 0 Å². The van der Waals surface area contributed by atoms with Gasteiger partial charge in [-0.25, -0.2) is 0 Å². The van der Waals surface area contributed by atoms with E-state index in [1.165, 1.54) is 6.92 Å². The molecule has 0 fully saturated rings. The maximum Gasteiger partial charge on any atom is 0.408 e. The zero-order valence-electron chi connectivity index (χ0n) is 7.81. The lowest BCUT2D eigenvalue weighted by Gasteiger charge is -2.07. The summed E-state index contributed by atoms with van der Waals surface area (Å²) in [4.78, 5) is 0. The molecule has 1 rings (SSSR count). The second-order valence-electron chi connectivity index (χ2n) is 2.96. The summed E-state index contributed by atoms with van der Waals surface area (Å²) in [5, 5.41) is 3.72. The van der Waals surface area contributed by atoms with Gasteiger partial charge in [0.2, 0.25) is 0 Å². The Kier molecular flexibility index (Phi) is 2.56. The third-order valence-electron chi connectivity index (χ3n) is 1.85. The fraction of sp³-hybridized carbons (Fsp3) is 0.444. The molecular weight excluding hydrogens is 193 g/mol. The standard InChI is InChI=1S/C9H9F3N2/c1-4-8-6(2)13-14(7(8)3)5-9(10,11)12/h1H,5H2,2-3H3. The van der Waals surface area contributed by atoms with Crippen molar-refractivity contribution < 1.29 is 13.2 Å². The van der Waals surface area contributed by atoms with Crippen LogP contribution in [-0.4, -0.2) is 16.0 Å². The summed E-state index contributed by atoms with van der Waals surface area (Å²) in [6.07, 6.45) is 0.875. The van der Waals surface area contributed by atoms with Crippen LogP contribution in [-0.2, 0) is 6.54 Å². The van der Waals surface area contributed by atoms with Crippen molar-refractivity contribution in [1.82, 2.24) is 9.78 Å². The average Bonchev–Trinajstić information content (AvgIpc) is 2.24. The first-order valence-corrected chi connectivity index (χ1v) is 3.92. The SMILES string of the molecule is C#Cc1c(C)nn(CC(F)(F)F)c1C. The Morgan fingerprint density at radius 1 is 1.43 bits per heavy atom. The van der Waals surface area contributed by atoms with E-state index in [2.05, 4.69) is 11.0 Å². The summed E-state index contributed by atoms with van der Waals surface area (Å²) in [5.74, 6) is 2.32. The van der Waals surface area contributed by atoms with Gasteiger partial charge in [-0.15, -0.1) is 6.42 Å². The molecule has 0 atom stereocenters. The summed E-state index contributed by atoms with van der Waals surface area (Å²) < 4.78 is 37.0. The largest absolute Gasteiger partial charge is 0.408 e. The second-order valence-corrected chi connectivity index (χ2v) is 2.96. The Morgan fingerprint density at radius 3 is 2.36 bits per heavy atom. The summed E-state index contributed by atoms with van der Waals surface area (Å²) in [5.41, 5.74) is 1.27. The molecule has 0 bridgehead atoms. The third kappa shape index (κ3) is 2.08. The van der Waals surface area contributed by atoms with Crippen molar-refractivity contribution in [1.29, 1.82) is 0 Å². The fourth-order valence-electron chi connectivity index (χ4n) is 1.23. The Hall–Kier alpha value is -1.44. The Balaban J connectivity index is 3.08. The molecule has 0 aliphatic carbocycles. The van der Waals surface area contributed by atoms with Crippen LogP contribution in [0.15, 0.2) is 0 Å². The molecule has 76 valence electrons. The number of aromatic nitrogens is 2. The fourth-order valence-corrected chi connectivity index (χ4v) is 1.23. The van der Waals surface area contributed by atoms with Gasteiger partial charge in [-0.3, -0.25) is 4.68 Å². The minimum Gasteiger partial charge on any atom is -0.259 e. The number of nitrogens with zero attached hydrogens (tertiary/aromatic N) is 2. The molecule has 0 radical (unpaired) electrons. The molecular formula is C9H9F3N2. The van der Waals surface area contributed by atoms with Crippen molar-refractivity contribution in [3.8, 4) is 12.3 Å². The second kappa shape index (κ2) is 3.37. The van der Waals surface area contributed by atoms with E-state index < -0.39 is 12.7 Å². The van der Waals surface area contributed by atoms with Crippen LogP contribution in [0, 0.1) is 26.2 Å². The maximum atomic E-state index is 12.1. The molecule has 14 heavy (non-hydrogen) atoms. The third-order valence-corrected chi connectivity index (χ3v) is 1.85. The molecule has 5 heteroatoms. The van der Waals surface area contributed by atoms with Gasteiger partial charge < -0.3 is 0 Å². The zero-order chi connectivity index (χ0) is 10.9. The first-order valence-electron chi connectivity index (χ1n) is 3.92. The molecule has 1 aromatic heterocycles. The number of hydrogen-bond donors (Lipinski definition) is 0. The number of terminal acetylenes is 1. The van der Waals surface area contributed by atoms with Gasteiger partial charge in [-0.05, 0) is 13.8 Å². The van der Waals surface area contributed by atoms with E-state index in [9.17, 15) is 13.2 Å². The minimum atomic E-state index is -4.27. The van der Waals surface area contributed by atoms with E-state index in [1.54, 1.807) is 6.92 Å². The van der Waals surface area contributed by atoms with E-state index in [0.717, 1.165) is 4.68 Å². The molecule has 0 amide bonds. The van der Waals surface area contributed by atoms with Gasteiger partial charge in [-0.1, -0.05) is 5.92 Å². The highest BCUT2D eigenvalue weighted by atomic mass is 19.4. The maximum absolute atomic E-state index is 12.1. The van der Waals surface area contributed by atoms with Crippen LogP contribution in [0.2, 0.25) is 0 Å². The number of halogens is 3. The van der Waals surface area contributed by atoms with Crippen molar-refractivity contribution in [2.45, 2.75) is 26.6 Å². The Labute approximate surface area is 79.7 Å². The number of hydrogen-bond acceptors (Lipinski definition) is 1. The molecule has 0 spiro atoms. The molecule has 0 aliphatic heterocycles. The summed E-state index contributed by atoms with van der Waals surface area (Å²) in [6.45, 7) is 2.03. The van der Waals surface area contributed by atoms with Crippen LogP contribution in [0.3, 0.4) is 0 Å². The molecule has 0 N–H and O–H groups in total. The van der Waals surface area contributed by atoms with Gasteiger partial charge >= 0.3 is 6.18 Å². The zero-order valence-corrected chi connectivity index (χ0v) is 7.81. The molecule has 1 aromatic rings. The van der Waals surface area contributed by atoms with Crippen molar-refractivity contribution >= 4 is 0 Å². The quantitative estimate of drug-likeness (QED) is 0.637. The van der Waals surface area contributed by atoms with Crippen molar-refractivity contribution in [2.24, 2.45) is 0 Å². The smallest absolute Gasteiger partial charge is 0.259 e. The first kappa shape index (κ1) is 10.6. The van der Waals surface area contributed by atoms with Crippen LogP contribution < -0.4 is 0 Å². The van der Waals surface area contributed by atoms with E-state index in [0.29, 0.717) is 17.0 Å². The summed E-state index contributed by atoms with van der Waals surface area (Å²) in [7, 11) is 0. The van der Waals surface area contributed by atoms with Crippen molar-refractivity contribution in [2.75, 3.05) is 0 Å². The van der Waals surface area contributed by atoms with Gasteiger partial charge in [-0.2, -0.15) is 18.3 Å². The van der Waals surface area contributed by atoms with Crippen LogP contribution in [0.5, 0.6) is 0 Å². The highest BCUT2D eigenvalue weighted by Gasteiger charge is 2.29. The molecule has 0 saturated heterocycles. The first-order chi connectivity index (χ1) is 6.35. The van der Waals surface area contributed by atoms with Gasteiger partial charge in [0.05, 0.1) is 17.0 Å². The van der Waals surface area contributed by atoms with Crippen molar-refractivity contribution in [3.63, 3.8) is 0 Å². The molecule has 0 aliphatic rings. The highest BCUT2D eigenvalue weighted by Crippen LogP contribution is 2.20. The Bertz CT molecular complexity index is 382. The van der Waals surface area contributed by atoms with Crippen LogP contribution in [0.4, 0.5) is 13.2 Å². The van der Waals surface area contributed by atoms with Crippen LogP contribution in [0.25, 0.3) is 0 Å². The summed E-state index contributed by atoms with van der Waals surface area (Å²) in [6, 6.07) is 0. The van der Waals surface area contributed by atoms with Crippen LogP contribution >= 0.6 is 0 Å². The lowest BCUT2D eigenvalue weighted by atomic mass is 10.2. The van der Waals surface area contributed by atoms with Gasteiger partial charge in [0.15, 0.2) is 0 Å². The molecule has 2 nitrogen and oxygen atoms in total. The predicted molar refractivity (Wildman–Crippen MR) is 45.7 cm³/mol. The van der Waals surface area contributed by atoms with E-state index in [-0.39, 0.29) is 0 Å². The lowest BCUT2D eigenvalue weighted by Crippen LogP contribution is -2.19. The van der Waals surface area contributed by atoms with E-state index in [4.69, 9.17) is 6.42 Å². The van der Waals surface area contributed by atoms with Gasteiger partial charge in [0.1, 0.15) is 6.54 Å². The normalized spacial score (nSPS) is 11.4. The Morgan fingerprint density at radius 2 is 2.00 bits per heavy atom.